The molecule has 1 N–H and O–H groups in total. The lowest BCUT2D eigenvalue weighted by molar-refractivity contribution is -0.929. The zero-order valence-corrected chi connectivity index (χ0v) is 17.9. The fraction of sp³-hybridized carbons (Fsp3) is 0.269. The first kappa shape index (κ1) is 20.2. The maximum atomic E-state index is 4.75. The van der Waals surface area contributed by atoms with Crippen molar-refractivity contribution in [2.75, 3.05) is 45.2 Å². The molecule has 1 aliphatic rings. The number of nitrogens with zero attached hydrogens (tertiary/aromatic N) is 3. The number of benzene rings is 3. The molecule has 4 heteroatoms. The number of hydrogen-bond donors (Lipinski definition) is 1. The van der Waals surface area contributed by atoms with Gasteiger partial charge in [-0.15, -0.1) is 0 Å². The molecular weight excluding hydrogens is 368 g/mol. The van der Waals surface area contributed by atoms with Crippen LogP contribution in [-0.4, -0.2) is 51.5 Å². The standard InChI is InChI=1S/C26H30N4/c1-28(2)25-15-13-22(14-16-25)21-27-30-19-17-29(18-20-30)26(23-9-5-3-6-10-23)24-11-7-4-8-12-24/h3-16,21,26H,17-20H2,1-2H3/p+1/b27-21-. The van der Waals surface area contributed by atoms with Crippen molar-refractivity contribution in [3.8, 4) is 0 Å². The van der Waals surface area contributed by atoms with E-state index in [4.69, 9.17) is 5.10 Å². The fourth-order valence-corrected chi connectivity index (χ4v) is 4.15. The molecule has 1 saturated heterocycles. The highest BCUT2D eigenvalue weighted by Gasteiger charge is 2.29. The smallest absolute Gasteiger partial charge is 0.139 e. The van der Waals surface area contributed by atoms with Gasteiger partial charge in [0.25, 0.3) is 0 Å². The van der Waals surface area contributed by atoms with Gasteiger partial charge in [0.15, 0.2) is 0 Å². The highest BCUT2D eigenvalue weighted by Crippen LogP contribution is 2.19. The summed E-state index contributed by atoms with van der Waals surface area (Å²) in [6.45, 7) is 4.09. The largest absolute Gasteiger partial charge is 0.378 e. The Kier molecular flexibility index (Phi) is 6.45. The van der Waals surface area contributed by atoms with Crippen molar-refractivity contribution in [1.29, 1.82) is 0 Å². The maximum Gasteiger partial charge on any atom is 0.139 e. The van der Waals surface area contributed by atoms with Crippen LogP contribution < -0.4 is 9.80 Å². The van der Waals surface area contributed by atoms with Gasteiger partial charge in [-0.2, -0.15) is 5.10 Å². The molecule has 154 valence electrons. The summed E-state index contributed by atoms with van der Waals surface area (Å²) in [5.41, 5.74) is 5.12. The van der Waals surface area contributed by atoms with Crippen LogP contribution >= 0.6 is 0 Å². The lowest BCUT2D eigenvalue weighted by Gasteiger charge is -2.36. The number of piperazine rings is 1. The molecular formula is C26H31N4+. The molecule has 30 heavy (non-hydrogen) atoms. The third-order valence-electron chi connectivity index (χ3n) is 5.84. The van der Waals surface area contributed by atoms with Crippen molar-refractivity contribution in [1.82, 2.24) is 5.01 Å². The average Bonchev–Trinajstić information content (AvgIpc) is 2.80. The van der Waals surface area contributed by atoms with E-state index in [1.807, 2.05) is 6.21 Å². The Labute approximate surface area is 180 Å². The summed E-state index contributed by atoms with van der Waals surface area (Å²) in [5, 5.41) is 6.95. The summed E-state index contributed by atoms with van der Waals surface area (Å²) in [7, 11) is 4.12. The predicted molar refractivity (Wildman–Crippen MR) is 125 cm³/mol. The van der Waals surface area contributed by atoms with E-state index in [-0.39, 0.29) is 0 Å². The molecule has 0 atom stereocenters. The molecule has 3 aromatic rings. The predicted octanol–water partition coefficient (Wildman–Crippen LogP) is 3.08. The van der Waals surface area contributed by atoms with Gasteiger partial charge in [0.2, 0.25) is 0 Å². The molecule has 0 unspecified atom stereocenters. The molecule has 0 spiro atoms. The van der Waals surface area contributed by atoms with Crippen LogP contribution in [0.15, 0.2) is 90.0 Å². The third-order valence-corrected chi connectivity index (χ3v) is 5.84. The number of quaternary nitrogens is 1. The molecule has 1 aliphatic heterocycles. The molecule has 0 aliphatic carbocycles. The first-order valence-corrected chi connectivity index (χ1v) is 10.7. The van der Waals surface area contributed by atoms with Gasteiger partial charge in [-0.25, -0.2) is 0 Å². The van der Waals surface area contributed by atoms with E-state index in [1.165, 1.54) is 16.8 Å². The van der Waals surface area contributed by atoms with Crippen LogP contribution in [0.2, 0.25) is 0 Å². The SMILES string of the molecule is CN(C)c1ccc(/C=N\N2CC[NH+](C(c3ccccc3)c3ccccc3)CC2)cc1. The van der Waals surface area contributed by atoms with E-state index >= 15 is 0 Å². The molecule has 0 bridgehead atoms. The minimum atomic E-state index is 0.372. The van der Waals surface area contributed by atoms with Crippen LogP contribution in [0.1, 0.15) is 22.7 Å². The lowest BCUT2D eigenvalue weighted by atomic mass is 9.96. The number of hydrogen-bond acceptors (Lipinski definition) is 3. The van der Waals surface area contributed by atoms with E-state index in [9.17, 15) is 0 Å². The summed E-state index contributed by atoms with van der Waals surface area (Å²) in [6, 6.07) is 30.7. The van der Waals surface area contributed by atoms with Gasteiger partial charge in [0, 0.05) is 30.9 Å². The van der Waals surface area contributed by atoms with Gasteiger partial charge in [0.05, 0.1) is 32.4 Å². The second-order valence-corrected chi connectivity index (χ2v) is 8.10. The van der Waals surface area contributed by atoms with Crippen LogP contribution in [0.4, 0.5) is 5.69 Å². The van der Waals surface area contributed by atoms with Crippen LogP contribution in [0.3, 0.4) is 0 Å². The normalized spacial score (nSPS) is 15.1. The van der Waals surface area contributed by atoms with Crippen molar-refractivity contribution in [3.05, 3.63) is 102 Å². The van der Waals surface area contributed by atoms with E-state index in [0.29, 0.717) is 6.04 Å². The highest BCUT2D eigenvalue weighted by molar-refractivity contribution is 5.80. The van der Waals surface area contributed by atoms with Gasteiger partial charge in [-0.05, 0) is 17.7 Å². The quantitative estimate of drug-likeness (QED) is 0.644. The monoisotopic (exact) mass is 399 g/mol. The van der Waals surface area contributed by atoms with Crippen molar-refractivity contribution >= 4 is 11.9 Å². The van der Waals surface area contributed by atoms with Crippen LogP contribution in [0.25, 0.3) is 0 Å². The molecule has 3 aromatic carbocycles. The molecule has 0 radical (unpaired) electrons. The second kappa shape index (κ2) is 9.59. The Bertz CT molecular complexity index is 888. The molecule has 4 nitrogen and oxygen atoms in total. The average molecular weight is 400 g/mol. The Morgan fingerprint density at radius 2 is 1.33 bits per heavy atom. The zero-order chi connectivity index (χ0) is 20.8. The van der Waals surface area contributed by atoms with E-state index in [0.717, 1.165) is 31.7 Å². The summed E-state index contributed by atoms with van der Waals surface area (Å²) < 4.78 is 0. The second-order valence-electron chi connectivity index (χ2n) is 8.10. The van der Waals surface area contributed by atoms with Crippen molar-refractivity contribution in [2.24, 2.45) is 5.10 Å². The number of nitrogens with one attached hydrogen (secondary N) is 1. The topological polar surface area (TPSA) is 23.3 Å². The fourth-order valence-electron chi connectivity index (χ4n) is 4.15. The van der Waals surface area contributed by atoms with Gasteiger partial charge in [-0.3, -0.25) is 5.01 Å². The summed E-state index contributed by atoms with van der Waals surface area (Å²) in [5.74, 6) is 0. The summed E-state index contributed by atoms with van der Waals surface area (Å²) >= 11 is 0. The highest BCUT2D eigenvalue weighted by atomic mass is 15.5. The van der Waals surface area contributed by atoms with Crippen LogP contribution in [-0.2, 0) is 0 Å². The minimum absolute atomic E-state index is 0.372. The van der Waals surface area contributed by atoms with Gasteiger partial charge >= 0.3 is 0 Å². The summed E-state index contributed by atoms with van der Waals surface area (Å²) in [6.07, 6.45) is 1.98. The van der Waals surface area contributed by atoms with Gasteiger partial charge in [-0.1, -0.05) is 72.8 Å². The van der Waals surface area contributed by atoms with Crippen LogP contribution in [0.5, 0.6) is 0 Å². The molecule has 4 rings (SSSR count). The maximum absolute atomic E-state index is 4.75. The molecule has 0 amide bonds. The first-order chi connectivity index (χ1) is 14.7. The van der Waals surface area contributed by atoms with Crippen molar-refractivity contribution in [3.63, 3.8) is 0 Å². The molecule has 0 saturated carbocycles. The van der Waals surface area contributed by atoms with Crippen molar-refractivity contribution < 1.29 is 4.90 Å². The Hall–Kier alpha value is -3.11. The van der Waals surface area contributed by atoms with Crippen LogP contribution in [0, 0.1) is 0 Å². The lowest BCUT2D eigenvalue weighted by Crippen LogP contribution is -3.15. The number of anilines is 1. The van der Waals surface area contributed by atoms with E-state index in [1.54, 1.807) is 4.90 Å². The number of rotatable bonds is 6. The molecule has 0 aromatic heterocycles. The molecule has 1 heterocycles. The van der Waals surface area contributed by atoms with E-state index in [2.05, 4.69) is 109 Å². The first-order valence-electron chi connectivity index (χ1n) is 10.7. The van der Waals surface area contributed by atoms with E-state index < -0.39 is 0 Å². The zero-order valence-electron chi connectivity index (χ0n) is 17.9. The third kappa shape index (κ3) is 4.89. The minimum Gasteiger partial charge on any atom is -0.378 e. The molecule has 1 fully saturated rings. The Morgan fingerprint density at radius 1 is 0.800 bits per heavy atom. The Balaban J connectivity index is 1.42. The Morgan fingerprint density at radius 3 is 1.83 bits per heavy atom. The van der Waals surface area contributed by atoms with Gasteiger partial charge < -0.3 is 9.80 Å². The van der Waals surface area contributed by atoms with Crippen molar-refractivity contribution in [2.45, 2.75) is 6.04 Å². The summed E-state index contributed by atoms with van der Waals surface area (Å²) in [4.78, 5) is 3.72. The number of hydrazone groups is 1. The van der Waals surface area contributed by atoms with Gasteiger partial charge in [0.1, 0.15) is 6.04 Å².